The van der Waals surface area contributed by atoms with Gasteiger partial charge in [0.1, 0.15) is 0 Å². The van der Waals surface area contributed by atoms with Gasteiger partial charge < -0.3 is 16.2 Å². The van der Waals surface area contributed by atoms with Crippen LogP contribution in [-0.4, -0.2) is 28.8 Å². The summed E-state index contributed by atoms with van der Waals surface area (Å²) < 4.78 is 0. The summed E-state index contributed by atoms with van der Waals surface area (Å²) in [7, 11) is 0. The Labute approximate surface area is 104 Å². The predicted octanol–water partition coefficient (Wildman–Crippen LogP) is 0.186. The predicted molar refractivity (Wildman–Crippen MR) is 66.8 cm³/mol. The molecule has 1 aromatic carbocycles. The summed E-state index contributed by atoms with van der Waals surface area (Å²) in [6.07, 6.45) is 0. The van der Waals surface area contributed by atoms with E-state index in [0.29, 0.717) is 5.56 Å². The summed E-state index contributed by atoms with van der Waals surface area (Å²) in [6, 6.07) is 6.53. The lowest BCUT2D eigenvalue weighted by Crippen LogP contribution is -2.45. The van der Waals surface area contributed by atoms with Gasteiger partial charge in [0.15, 0.2) is 6.04 Å². The maximum absolute atomic E-state index is 11.5. The molecule has 6 heteroatoms. The first kappa shape index (κ1) is 13.5. The first-order chi connectivity index (χ1) is 8.06. The van der Waals surface area contributed by atoms with Gasteiger partial charge in [-0.3, -0.25) is 4.79 Å². The molecule has 0 radical (unpaired) electrons. The van der Waals surface area contributed by atoms with Gasteiger partial charge in [-0.05, 0) is 5.56 Å². The lowest BCUT2D eigenvalue weighted by Gasteiger charge is -2.17. The molecular weight excluding hydrogens is 240 g/mol. The number of rotatable bonds is 5. The van der Waals surface area contributed by atoms with Crippen LogP contribution in [0.15, 0.2) is 30.3 Å². The standard InChI is InChI=1S/C11H14N2O3S/c12-8(6-17)10(14)13-9(11(15)16)7-4-2-1-3-5-7/h1-5,8-9,17H,6,12H2,(H,13,14)(H,15,16)/t8?,9-/m1/s1. The fourth-order valence-corrected chi connectivity index (χ4v) is 1.43. The average Bonchev–Trinajstić information content (AvgIpc) is 2.35. The van der Waals surface area contributed by atoms with Crippen molar-refractivity contribution < 1.29 is 14.7 Å². The van der Waals surface area contributed by atoms with Gasteiger partial charge in [0.05, 0.1) is 6.04 Å². The van der Waals surface area contributed by atoms with Crippen molar-refractivity contribution in [2.24, 2.45) is 5.73 Å². The average molecular weight is 254 g/mol. The van der Waals surface area contributed by atoms with Crippen molar-refractivity contribution in [1.82, 2.24) is 5.32 Å². The lowest BCUT2D eigenvalue weighted by molar-refractivity contribution is -0.142. The maximum Gasteiger partial charge on any atom is 0.330 e. The fourth-order valence-electron chi connectivity index (χ4n) is 1.27. The van der Waals surface area contributed by atoms with Gasteiger partial charge in [-0.25, -0.2) is 4.79 Å². The Kier molecular flexibility index (Phi) is 4.99. The van der Waals surface area contributed by atoms with Crippen molar-refractivity contribution in [3.8, 4) is 0 Å². The molecule has 0 aromatic heterocycles. The van der Waals surface area contributed by atoms with E-state index in [-0.39, 0.29) is 5.75 Å². The Morgan fingerprint density at radius 3 is 2.41 bits per heavy atom. The highest BCUT2D eigenvalue weighted by molar-refractivity contribution is 7.80. The third-order valence-electron chi connectivity index (χ3n) is 2.20. The number of carbonyl (C=O) groups excluding carboxylic acids is 1. The molecule has 1 amide bonds. The highest BCUT2D eigenvalue weighted by Crippen LogP contribution is 2.12. The Hall–Kier alpha value is -1.53. The van der Waals surface area contributed by atoms with E-state index in [4.69, 9.17) is 10.8 Å². The second-order valence-electron chi connectivity index (χ2n) is 3.48. The Bertz CT molecular complexity index is 397. The molecule has 17 heavy (non-hydrogen) atoms. The molecule has 0 spiro atoms. The lowest BCUT2D eigenvalue weighted by atomic mass is 10.1. The molecule has 4 N–H and O–H groups in total. The van der Waals surface area contributed by atoms with Crippen molar-refractivity contribution in [3.05, 3.63) is 35.9 Å². The normalized spacial score (nSPS) is 13.8. The first-order valence-electron chi connectivity index (χ1n) is 5.01. The van der Waals surface area contributed by atoms with Crippen LogP contribution in [0.5, 0.6) is 0 Å². The quantitative estimate of drug-likeness (QED) is 0.564. The molecule has 0 aliphatic heterocycles. The molecule has 0 aliphatic carbocycles. The molecule has 0 fully saturated rings. The highest BCUT2D eigenvalue weighted by atomic mass is 32.1. The van der Waals surface area contributed by atoms with E-state index < -0.39 is 24.0 Å². The number of hydrogen-bond acceptors (Lipinski definition) is 4. The number of benzene rings is 1. The number of hydrogen-bond donors (Lipinski definition) is 4. The third kappa shape index (κ3) is 3.76. The van der Waals surface area contributed by atoms with Crippen LogP contribution in [0, 0.1) is 0 Å². The monoisotopic (exact) mass is 254 g/mol. The summed E-state index contributed by atoms with van der Waals surface area (Å²) in [5.74, 6) is -1.50. The van der Waals surface area contributed by atoms with Crippen molar-refractivity contribution in [2.45, 2.75) is 12.1 Å². The zero-order valence-corrected chi connectivity index (χ0v) is 9.93. The van der Waals surface area contributed by atoms with Crippen LogP contribution in [0.3, 0.4) is 0 Å². The van der Waals surface area contributed by atoms with Crippen LogP contribution in [-0.2, 0) is 9.59 Å². The zero-order valence-electron chi connectivity index (χ0n) is 9.04. The van der Waals surface area contributed by atoms with E-state index in [1.807, 2.05) is 0 Å². The molecule has 1 rings (SSSR count). The molecule has 0 saturated carbocycles. The van der Waals surface area contributed by atoms with E-state index in [1.54, 1.807) is 30.3 Å². The fraction of sp³-hybridized carbons (Fsp3) is 0.273. The Morgan fingerprint density at radius 1 is 1.35 bits per heavy atom. The SMILES string of the molecule is NC(CS)C(=O)N[C@@H](C(=O)O)c1ccccc1. The molecule has 0 saturated heterocycles. The number of thiol groups is 1. The summed E-state index contributed by atoms with van der Waals surface area (Å²) in [5.41, 5.74) is 5.96. The van der Waals surface area contributed by atoms with Crippen molar-refractivity contribution >= 4 is 24.5 Å². The van der Waals surface area contributed by atoms with Gasteiger partial charge >= 0.3 is 5.97 Å². The van der Waals surface area contributed by atoms with E-state index >= 15 is 0 Å². The second-order valence-corrected chi connectivity index (χ2v) is 3.84. The number of carboxylic acids is 1. The van der Waals surface area contributed by atoms with E-state index in [2.05, 4.69) is 17.9 Å². The minimum absolute atomic E-state index is 0.160. The Balaban J connectivity index is 2.82. The summed E-state index contributed by atoms with van der Waals surface area (Å²) in [6.45, 7) is 0. The van der Waals surface area contributed by atoms with Gasteiger partial charge in [0.25, 0.3) is 0 Å². The topological polar surface area (TPSA) is 92.4 Å². The summed E-state index contributed by atoms with van der Waals surface area (Å²) >= 11 is 3.88. The second kappa shape index (κ2) is 6.27. The van der Waals surface area contributed by atoms with Crippen LogP contribution in [0.4, 0.5) is 0 Å². The number of nitrogens with two attached hydrogens (primary N) is 1. The molecule has 2 atom stereocenters. The van der Waals surface area contributed by atoms with E-state index in [9.17, 15) is 9.59 Å². The third-order valence-corrected chi connectivity index (χ3v) is 2.59. The van der Waals surface area contributed by atoms with E-state index in [0.717, 1.165) is 0 Å². The first-order valence-corrected chi connectivity index (χ1v) is 5.64. The molecule has 5 nitrogen and oxygen atoms in total. The van der Waals surface area contributed by atoms with Crippen LogP contribution in [0.25, 0.3) is 0 Å². The van der Waals surface area contributed by atoms with Gasteiger partial charge in [0.2, 0.25) is 5.91 Å². The number of carboxylic acid groups (broad SMARTS) is 1. The number of nitrogens with one attached hydrogen (secondary N) is 1. The molecule has 0 aliphatic rings. The molecule has 1 aromatic rings. The van der Waals surface area contributed by atoms with Crippen LogP contribution in [0.1, 0.15) is 11.6 Å². The number of carbonyl (C=O) groups is 2. The summed E-state index contributed by atoms with van der Waals surface area (Å²) in [5, 5.41) is 11.4. The van der Waals surface area contributed by atoms with Crippen molar-refractivity contribution in [2.75, 3.05) is 5.75 Å². The smallest absolute Gasteiger partial charge is 0.330 e. The van der Waals surface area contributed by atoms with Gasteiger partial charge in [-0.15, -0.1) is 0 Å². The molecule has 1 unspecified atom stereocenters. The zero-order chi connectivity index (χ0) is 12.8. The highest BCUT2D eigenvalue weighted by Gasteiger charge is 2.23. The van der Waals surface area contributed by atoms with Crippen LogP contribution < -0.4 is 11.1 Å². The maximum atomic E-state index is 11.5. The number of amides is 1. The molecule has 0 bridgehead atoms. The van der Waals surface area contributed by atoms with Gasteiger partial charge in [-0.1, -0.05) is 30.3 Å². The van der Waals surface area contributed by atoms with Gasteiger partial charge in [-0.2, -0.15) is 12.6 Å². The molecule has 92 valence electrons. The van der Waals surface area contributed by atoms with Crippen LogP contribution >= 0.6 is 12.6 Å². The molecule has 0 heterocycles. The van der Waals surface area contributed by atoms with Crippen molar-refractivity contribution in [3.63, 3.8) is 0 Å². The van der Waals surface area contributed by atoms with E-state index in [1.165, 1.54) is 0 Å². The summed E-state index contributed by atoms with van der Waals surface area (Å²) in [4.78, 5) is 22.6. The van der Waals surface area contributed by atoms with Crippen LogP contribution in [0.2, 0.25) is 0 Å². The molecular formula is C11H14N2O3S. The van der Waals surface area contributed by atoms with Crippen molar-refractivity contribution in [1.29, 1.82) is 0 Å². The van der Waals surface area contributed by atoms with Gasteiger partial charge in [0, 0.05) is 5.75 Å². The largest absolute Gasteiger partial charge is 0.479 e. The minimum Gasteiger partial charge on any atom is -0.479 e. The Morgan fingerprint density at radius 2 is 1.94 bits per heavy atom. The minimum atomic E-state index is -1.13. The number of aliphatic carboxylic acids is 1.